The minimum absolute atomic E-state index is 0.401. The van der Waals surface area contributed by atoms with E-state index in [0.717, 1.165) is 12.3 Å². The predicted molar refractivity (Wildman–Crippen MR) is 56.3 cm³/mol. The van der Waals surface area contributed by atoms with Crippen molar-refractivity contribution in [1.82, 2.24) is 4.98 Å². The Hall–Kier alpha value is -0.750. The fourth-order valence-electron chi connectivity index (χ4n) is 0.967. The van der Waals surface area contributed by atoms with Gasteiger partial charge in [-0.15, -0.1) is 11.8 Å². The van der Waals surface area contributed by atoms with Gasteiger partial charge in [0.05, 0.1) is 16.7 Å². The molecule has 0 radical (unpaired) electrons. The van der Waals surface area contributed by atoms with Crippen molar-refractivity contribution in [1.29, 1.82) is 0 Å². The highest BCUT2D eigenvalue weighted by molar-refractivity contribution is 7.99. The van der Waals surface area contributed by atoms with E-state index in [2.05, 4.69) is 4.98 Å². The number of aromatic nitrogens is 1. The van der Waals surface area contributed by atoms with E-state index in [-0.39, 0.29) is 0 Å². The Morgan fingerprint density at radius 2 is 2.12 bits per heavy atom. The number of hydrogen-bond donors (Lipinski definition) is 1. The third kappa shape index (κ3) is 4.40. The summed E-state index contributed by atoms with van der Waals surface area (Å²) in [5.41, 5.74) is -0.743. The van der Waals surface area contributed by atoms with E-state index in [0.29, 0.717) is 17.2 Å². The lowest BCUT2D eigenvalue weighted by Crippen LogP contribution is -2.05. The fraction of sp³-hybridized carbons (Fsp3) is 0.500. The van der Waals surface area contributed by atoms with Crippen LogP contribution in [-0.2, 0) is 6.18 Å². The van der Waals surface area contributed by atoms with Crippen LogP contribution in [0.15, 0.2) is 23.4 Å². The number of alkyl halides is 3. The second kappa shape index (κ2) is 5.54. The van der Waals surface area contributed by atoms with Gasteiger partial charge in [0.2, 0.25) is 0 Å². The minimum Gasteiger partial charge on any atom is -0.393 e. The van der Waals surface area contributed by atoms with Crippen molar-refractivity contribution in [3.63, 3.8) is 0 Å². The Bertz CT molecular complexity index is 324. The highest BCUT2D eigenvalue weighted by Crippen LogP contribution is 2.29. The van der Waals surface area contributed by atoms with Crippen molar-refractivity contribution in [2.75, 3.05) is 5.75 Å². The van der Waals surface area contributed by atoms with Gasteiger partial charge < -0.3 is 5.11 Å². The highest BCUT2D eigenvalue weighted by Gasteiger charge is 2.30. The maximum atomic E-state index is 12.2. The summed E-state index contributed by atoms with van der Waals surface area (Å²) in [6, 6.07) is 2.35. The van der Waals surface area contributed by atoms with Crippen molar-refractivity contribution in [3.8, 4) is 0 Å². The molecular formula is C10H12F3NOS. The summed E-state index contributed by atoms with van der Waals surface area (Å²) in [5.74, 6) is 0.635. The average molecular weight is 251 g/mol. The van der Waals surface area contributed by atoms with Gasteiger partial charge in [-0.2, -0.15) is 13.2 Å². The van der Waals surface area contributed by atoms with Crippen LogP contribution in [-0.4, -0.2) is 21.9 Å². The molecule has 6 heteroatoms. The van der Waals surface area contributed by atoms with Gasteiger partial charge in [0.1, 0.15) is 0 Å². The lowest BCUT2D eigenvalue weighted by molar-refractivity contribution is -0.137. The van der Waals surface area contributed by atoms with Crippen molar-refractivity contribution in [3.05, 3.63) is 23.9 Å². The molecule has 1 aromatic heterocycles. The molecule has 0 saturated carbocycles. The third-order valence-corrected chi connectivity index (χ3v) is 2.83. The molecule has 0 fully saturated rings. The average Bonchev–Trinajstić information content (AvgIpc) is 2.16. The van der Waals surface area contributed by atoms with Crippen LogP contribution in [0.2, 0.25) is 0 Å². The topological polar surface area (TPSA) is 33.1 Å². The molecular weight excluding hydrogens is 239 g/mol. The summed E-state index contributed by atoms with van der Waals surface area (Å²) in [5, 5.41) is 9.53. The lowest BCUT2D eigenvalue weighted by atomic mass is 10.3. The molecule has 0 aliphatic heterocycles. The number of nitrogens with zero attached hydrogens (tertiary/aromatic N) is 1. The molecule has 1 rings (SSSR count). The smallest absolute Gasteiger partial charge is 0.393 e. The molecule has 0 aromatic carbocycles. The first kappa shape index (κ1) is 13.3. The molecule has 1 atom stereocenters. The van der Waals surface area contributed by atoms with Gasteiger partial charge >= 0.3 is 6.18 Å². The maximum absolute atomic E-state index is 12.2. The number of halogens is 3. The number of thioether (sulfide) groups is 1. The van der Waals surface area contributed by atoms with E-state index in [1.165, 1.54) is 17.8 Å². The van der Waals surface area contributed by atoms with Crippen molar-refractivity contribution in [2.45, 2.75) is 30.7 Å². The van der Waals surface area contributed by atoms with Crippen LogP contribution in [0.5, 0.6) is 0 Å². The summed E-state index contributed by atoms with van der Waals surface area (Å²) in [7, 11) is 0. The molecule has 0 bridgehead atoms. The number of aliphatic hydroxyl groups excluding tert-OH is 1. The van der Waals surface area contributed by atoms with Crippen molar-refractivity contribution in [2.24, 2.45) is 0 Å². The van der Waals surface area contributed by atoms with Crippen molar-refractivity contribution >= 4 is 11.8 Å². The molecule has 0 aliphatic rings. The summed E-state index contributed by atoms with van der Waals surface area (Å²) in [4.78, 5) is 3.70. The molecule has 0 aliphatic carbocycles. The van der Waals surface area contributed by atoms with Gasteiger partial charge in [-0.25, -0.2) is 4.98 Å². The van der Waals surface area contributed by atoms with Crippen molar-refractivity contribution < 1.29 is 18.3 Å². The van der Waals surface area contributed by atoms with Gasteiger partial charge in [-0.05, 0) is 25.5 Å². The summed E-state index contributed by atoms with van der Waals surface area (Å²) >= 11 is 1.33. The van der Waals surface area contributed by atoms with Crippen LogP contribution in [0, 0.1) is 0 Å². The maximum Gasteiger partial charge on any atom is 0.417 e. The monoisotopic (exact) mass is 251 g/mol. The van der Waals surface area contributed by atoms with E-state index < -0.39 is 17.8 Å². The zero-order valence-electron chi connectivity index (χ0n) is 8.66. The lowest BCUT2D eigenvalue weighted by Gasteiger charge is -2.07. The van der Waals surface area contributed by atoms with Crippen LogP contribution < -0.4 is 0 Å². The second-order valence-corrected chi connectivity index (χ2v) is 4.48. The molecule has 1 heterocycles. The molecule has 90 valence electrons. The van der Waals surface area contributed by atoms with E-state index in [1.807, 2.05) is 0 Å². The Morgan fingerprint density at radius 3 is 2.56 bits per heavy atom. The Kier molecular flexibility index (Phi) is 4.61. The van der Waals surface area contributed by atoms with E-state index in [9.17, 15) is 13.2 Å². The third-order valence-electron chi connectivity index (χ3n) is 1.85. The molecule has 2 nitrogen and oxygen atoms in total. The minimum atomic E-state index is -4.34. The summed E-state index contributed by atoms with van der Waals surface area (Å²) in [6.07, 6.45) is -3.32. The predicted octanol–water partition coefficient (Wildman–Crippen LogP) is 2.96. The van der Waals surface area contributed by atoms with Gasteiger partial charge in [0.15, 0.2) is 0 Å². The van der Waals surface area contributed by atoms with Crippen LogP contribution >= 0.6 is 11.8 Å². The number of aliphatic hydroxyl groups is 1. The number of hydrogen-bond acceptors (Lipinski definition) is 3. The molecule has 0 saturated heterocycles. The number of pyridine rings is 1. The normalized spacial score (nSPS) is 13.8. The first-order valence-electron chi connectivity index (χ1n) is 4.73. The molecule has 1 N–H and O–H groups in total. The van der Waals surface area contributed by atoms with Crippen LogP contribution in [0.4, 0.5) is 13.2 Å². The largest absolute Gasteiger partial charge is 0.417 e. The zero-order chi connectivity index (χ0) is 12.2. The van der Waals surface area contributed by atoms with Crippen LogP contribution in [0.1, 0.15) is 18.9 Å². The van der Waals surface area contributed by atoms with Gasteiger partial charge in [0, 0.05) is 11.9 Å². The summed E-state index contributed by atoms with van der Waals surface area (Å²) < 4.78 is 36.6. The SMILES string of the molecule is CC(O)CCSc1ccc(C(F)(F)F)cn1. The molecule has 0 amide bonds. The molecule has 1 unspecified atom stereocenters. The second-order valence-electron chi connectivity index (χ2n) is 3.37. The van der Waals surface area contributed by atoms with Gasteiger partial charge in [-0.1, -0.05) is 0 Å². The fourth-order valence-corrected chi connectivity index (χ4v) is 1.93. The van der Waals surface area contributed by atoms with E-state index in [4.69, 9.17) is 5.11 Å². The van der Waals surface area contributed by atoms with E-state index in [1.54, 1.807) is 6.92 Å². The number of rotatable bonds is 4. The molecule has 1 aromatic rings. The highest BCUT2D eigenvalue weighted by atomic mass is 32.2. The Labute approximate surface area is 95.9 Å². The van der Waals surface area contributed by atoms with Crippen LogP contribution in [0.3, 0.4) is 0 Å². The zero-order valence-corrected chi connectivity index (χ0v) is 9.48. The Balaban J connectivity index is 2.52. The standard InChI is InChI=1S/C10H12F3NOS/c1-7(15)4-5-16-9-3-2-8(6-14-9)10(11,12)13/h2-3,6-7,15H,4-5H2,1H3. The molecule has 0 spiro atoms. The quantitative estimate of drug-likeness (QED) is 0.835. The summed E-state index contributed by atoms with van der Waals surface area (Å²) in [6.45, 7) is 1.67. The van der Waals surface area contributed by atoms with Gasteiger partial charge in [-0.3, -0.25) is 0 Å². The van der Waals surface area contributed by atoms with Gasteiger partial charge in [0.25, 0.3) is 0 Å². The van der Waals surface area contributed by atoms with E-state index >= 15 is 0 Å². The first-order valence-corrected chi connectivity index (χ1v) is 5.72. The first-order chi connectivity index (χ1) is 7.39. The molecule has 16 heavy (non-hydrogen) atoms. The van der Waals surface area contributed by atoms with Crippen LogP contribution in [0.25, 0.3) is 0 Å². The Morgan fingerprint density at radius 1 is 1.44 bits per heavy atom.